The highest BCUT2D eigenvalue weighted by molar-refractivity contribution is 6.36. The Labute approximate surface area is 152 Å². The Hall–Kier alpha value is -1.55. The van der Waals surface area contributed by atoms with Crippen LogP contribution in [0.1, 0.15) is 24.0 Å². The number of phenolic OH excluding ortho intramolecular Hbond substituents is 1. The second-order valence-corrected chi connectivity index (χ2v) is 7.09. The van der Waals surface area contributed by atoms with Crippen molar-refractivity contribution in [2.45, 2.75) is 25.4 Å². The van der Waals surface area contributed by atoms with Crippen LogP contribution in [0.25, 0.3) is 0 Å². The molecule has 3 rings (SSSR count). The maximum atomic E-state index is 9.97. The Morgan fingerprint density at radius 2 is 1.83 bits per heavy atom. The number of likely N-dealkylation sites (tertiary alicyclic amines) is 1. The zero-order valence-electron chi connectivity index (χ0n) is 13.4. The summed E-state index contributed by atoms with van der Waals surface area (Å²) in [5.41, 5.74) is 1.96. The number of phenols is 1. The third-order valence-electron chi connectivity index (χ3n) is 4.44. The summed E-state index contributed by atoms with van der Waals surface area (Å²) in [6.45, 7) is 3.29. The zero-order chi connectivity index (χ0) is 16.9. The maximum Gasteiger partial charge on any atom is 0.143 e. The van der Waals surface area contributed by atoms with Gasteiger partial charge in [0.15, 0.2) is 0 Å². The summed E-state index contributed by atoms with van der Waals surface area (Å²) in [7, 11) is 0. The molecule has 0 radical (unpaired) electrons. The van der Waals surface area contributed by atoms with Crippen LogP contribution in [0, 0.1) is 0 Å². The van der Waals surface area contributed by atoms with E-state index in [0.29, 0.717) is 16.6 Å². The number of nitrogens with zero attached hydrogens (tertiary/aromatic N) is 1. The van der Waals surface area contributed by atoms with Gasteiger partial charge in [0.2, 0.25) is 0 Å². The Morgan fingerprint density at radius 3 is 2.54 bits per heavy atom. The number of nitrogens with one attached hydrogen (secondary N) is 1. The van der Waals surface area contributed by atoms with E-state index in [9.17, 15) is 5.11 Å². The highest BCUT2D eigenvalue weighted by Crippen LogP contribution is 2.30. The predicted molar refractivity (Wildman–Crippen MR) is 99.6 cm³/mol. The lowest BCUT2D eigenvalue weighted by Crippen LogP contribution is -3.12. The highest BCUT2D eigenvalue weighted by Gasteiger charge is 2.21. The number of rotatable bonds is 4. The van der Waals surface area contributed by atoms with Gasteiger partial charge >= 0.3 is 0 Å². The lowest BCUT2D eigenvalue weighted by molar-refractivity contribution is -0.918. The van der Waals surface area contributed by atoms with Gasteiger partial charge in [-0.25, -0.2) is 0 Å². The van der Waals surface area contributed by atoms with Crippen molar-refractivity contribution in [3.05, 3.63) is 63.6 Å². The molecule has 0 saturated carbocycles. The van der Waals surface area contributed by atoms with Crippen LogP contribution in [0.5, 0.6) is 5.75 Å². The van der Waals surface area contributed by atoms with Crippen LogP contribution < -0.4 is 4.90 Å². The second kappa shape index (κ2) is 8.02. The van der Waals surface area contributed by atoms with Crippen LogP contribution in [-0.4, -0.2) is 30.5 Å². The SMILES string of the molecule is Oc1c(Cl)cc(Cl)cc1C=NC1CC[NH+](Cc2ccccc2)CC1. The number of hydrogen-bond donors (Lipinski definition) is 2. The number of aromatic hydroxyl groups is 1. The van der Waals surface area contributed by atoms with Gasteiger partial charge in [-0.1, -0.05) is 53.5 Å². The fraction of sp³-hybridized carbons (Fsp3) is 0.316. The maximum absolute atomic E-state index is 9.97. The van der Waals surface area contributed by atoms with Gasteiger partial charge in [-0.15, -0.1) is 0 Å². The zero-order valence-corrected chi connectivity index (χ0v) is 14.9. The van der Waals surface area contributed by atoms with E-state index in [0.717, 1.165) is 32.5 Å². The third-order valence-corrected chi connectivity index (χ3v) is 4.95. The number of quaternary nitrogens is 1. The average molecular weight is 364 g/mol. The Bertz CT molecular complexity index is 711. The Balaban J connectivity index is 1.56. The molecule has 1 saturated heterocycles. The molecule has 0 aromatic heterocycles. The van der Waals surface area contributed by atoms with Crippen LogP contribution in [0.4, 0.5) is 0 Å². The molecule has 0 bridgehead atoms. The molecule has 1 fully saturated rings. The van der Waals surface area contributed by atoms with E-state index in [1.807, 2.05) is 0 Å². The number of halogens is 2. The number of hydrogen-bond acceptors (Lipinski definition) is 2. The van der Waals surface area contributed by atoms with Gasteiger partial charge in [-0.2, -0.15) is 0 Å². The van der Waals surface area contributed by atoms with Crippen molar-refractivity contribution in [2.24, 2.45) is 4.99 Å². The molecular weight excluding hydrogens is 343 g/mol. The quantitative estimate of drug-likeness (QED) is 0.802. The lowest BCUT2D eigenvalue weighted by atomic mass is 10.0. The van der Waals surface area contributed by atoms with Crippen molar-refractivity contribution >= 4 is 29.4 Å². The fourth-order valence-electron chi connectivity index (χ4n) is 3.09. The number of aliphatic imine (C=N–C) groups is 1. The predicted octanol–water partition coefficient (Wildman–Crippen LogP) is 3.37. The van der Waals surface area contributed by atoms with Gasteiger partial charge < -0.3 is 10.0 Å². The van der Waals surface area contributed by atoms with Crippen molar-refractivity contribution in [3.8, 4) is 5.75 Å². The summed E-state index contributed by atoms with van der Waals surface area (Å²) in [5, 5.41) is 10.7. The summed E-state index contributed by atoms with van der Waals surface area (Å²) < 4.78 is 0. The molecule has 0 atom stereocenters. The molecule has 5 heteroatoms. The minimum atomic E-state index is 0.0388. The summed E-state index contributed by atoms with van der Waals surface area (Å²) in [4.78, 5) is 6.22. The molecule has 1 aliphatic heterocycles. The monoisotopic (exact) mass is 363 g/mol. The van der Waals surface area contributed by atoms with E-state index < -0.39 is 0 Å². The van der Waals surface area contributed by atoms with Crippen LogP contribution in [0.15, 0.2) is 47.5 Å². The van der Waals surface area contributed by atoms with Crippen LogP contribution in [0.2, 0.25) is 10.0 Å². The first-order valence-corrected chi connectivity index (χ1v) is 8.96. The summed E-state index contributed by atoms with van der Waals surface area (Å²) in [5.74, 6) is 0.0388. The largest absolute Gasteiger partial charge is 0.506 e. The Morgan fingerprint density at radius 1 is 1.12 bits per heavy atom. The topological polar surface area (TPSA) is 37.0 Å². The summed E-state index contributed by atoms with van der Waals surface area (Å²) in [6.07, 6.45) is 3.79. The normalized spacial score (nSPS) is 21.2. The molecule has 0 spiro atoms. The van der Waals surface area contributed by atoms with E-state index in [4.69, 9.17) is 23.2 Å². The molecule has 2 aromatic rings. The van der Waals surface area contributed by atoms with Gasteiger partial charge in [0.05, 0.1) is 24.2 Å². The van der Waals surface area contributed by atoms with E-state index in [1.165, 1.54) is 11.6 Å². The lowest BCUT2D eigenvalue weighted by Gasteiger charge is -2.27. The standard InChI is InChI=1S/C19H20Cl2N2O/c20-16-10-15(19(24)18(21)11-16)12-22-17-6-8-23(9-7-17)13-14-4-2-1-3-5-14/h1-5,10-12,17,24H,6-9,13H2/p+1. The molecule has 24 heavy (non-hydrogen) atoms. The molecular formula is C19H21Cl2N2O+. The molecule has 126 valence electrons. The van der Waals surface area contributed by atoms with Gasteiger partial charge in [-0.3, -0.25) is 4.99 Å². The molecule has 1 aliphatic rings. The highest BCUT2D eigenvalue weighted by atomic mass is 35.5. The van der Waals surface area contributed by atoms with Gasteiger partial charge in [0.1, 0.15) is 12.3 Å². The first-order valence-electron chi connectivity index (χ1n) is 8.20. The minimum absolute atomic E-state index is 0.0388. The van der Waals surface area contributed by atoms with Gasteiger partial charge in [0.25, 0.3) is 0 Å². The van der Waals surface area contributed by atoms with Crippen LogP contribution >= 0.6 is 23.2 Å². The first kappa shape index (κ1) is 17.3. The van der Waals surface area contributed by atoms with Crippen molar-refractivity contribution in [1.29, 1.82) is 0 Å². The molecule has 2 aromatic carbocycles. The summed E-state index contributed by atoms with van der Waals surface area (Å²) in [6, 6.07) is 14.1. The van der Waals surface area contributed by atoms with E-state index in [1.54, 1.807) is 17.2 Å². The third kappa shape index (κ3) is 4.50. The molecule has 3 nitrogen and oxygen atoms in total. The molecule has 0 aliphatic carbocycles. The fourth-order valence-corrected chi connectivity index (χ4v) is 3.60. The first-order chi connectivity index (χ1) is 11.6. The van der Waals surface area contributed by atoms with Crippen molar-refractivity contribution in [1.82, 2.24) is 0 Å². The smallest absolute Gasteiger partial charge is 0.143 e. The van der Waals surface area contributed by atoms with E-state index in [2.05, 4.69) is 35.3 Å². The van der Waals surface area contributed by atoms with Crippen LogP contribution in [-0.2, 0) is 6.54 Å². The second-order valence-electron chi connectivity index (χ2n) is 6.25. The molecule has 0 unspecified atom stereocenters. The van der Waals surface area contributed by atoms with Crippen molar-refractivity contribution in [2.75, 3.05) is 13.1 Å². The molecule has 1 heterocycles. The van der Waals surface area contributed by atoms with Crippen molar-refractivity contribution < 1.29 is 10.0 Å². The van der Waals surface area contributed by atoms with E-state index in [-0.39, 0.29) is 10.8 Å². The minimum Gasteiger partial charge on any atom is -0.506 e. The van der Waals surface area contributed by atoms with Crippen LogP contribution in [0.3, 0.4) is 0 Å². The average Bonchev–Trinajstić information content (AvgIpc) is 2.59. The van der Waals surface area contributed by atoms with Crippen molar-refractivity contribution in [3.63, 3.8) is 0 Å². The number of benzene rings is 2. The summed E-state index contributed by atoms with van der Waals surface area (Å²) >= 11 is 11.9. The molecule has 0 amide bonds. The Kier molecular flexibility index (Phi) is 5.77. The molecule has 2 N–H and O–H groups in total. The van der Waals surface area contributed by atoms with Gasteiger partial charge in [-0.05, 0) is 12.1 Å². The van der Waals surface area contributed by atoms with Gasteiger partial charge in [0, 0.05) is 35.2 Å². The number of piperidine rings is 1. The van der Waals surface area contributed by atoms with E-state index >= 15 is 0 Å².